The maximum Gasteiger partial charge on any atom is 0.303 e. The first-order valence-corrected chi connectivity index (χ1v) is 7.88. The molecular formula is C11H22N2O5S. The standard InChI is InChI=1S/C11H22N2O5S/c1-18-9-7-12-19(16,17)13-8-3-2-4-10(13)5-6-11(14)15/h10,12H,2-9H2,1H3,(H,14,15). The van der Waals surface area contributed by atoms with E-state index in [4.69, 9.17) is 9.84 Å². The molecule has 8 heteroatoms. The predicted octanol–water partition coefficient (Wildman–Crippen LogP) is 0.187. The van der Waals surface area contributed by atoms with Crippen molar-refractivity contribution in [2.75, 3.05) is 26.8 Å². The number of rotatable bonds is 8. The Hall–Kier alpha value is -0.700. The van der Waals surface area contributed by atoms with Gasteiger partial charge in [-0.3, -0.25) is 4.79 Å². The van der Waals surface area contributed by atoms with E-state index in [2.05, 4.69) is 4.72 Å². The highest BCUT2D eigenvalue weighted by Gasteiger charge is 2.31. The van der Waals surface area contributed by atoms with Gasteiger partial charge >= 0.3 is 5.97 Å². The molecule has 1 saturated heterocycles. The smallest absolute Gasteiger partial charge is 0.303 e. The SMILES string of the molecule is COCCNS(=O)(=O)N1CCCCC1CCC(=O)O. The summed E-state index contributed by atoms with van der Waals surface area (Å²) in [5, 5.41) is 8.71. The Balaban J connectivity index is 2.61. The Morgan fingerprint density at radius 3 is 2.84 bits per heavy atom. The average Bonchev–Trinajstić information content (AvgIpc) is 2.37. The molecule has 0 aromatic rings. The van der Waals surface area contributed by atoms with Crippen LogP contribution in [0.4, 0.5) is 0 Å². The van der Waals surface area contributed by atoms with Gasteiger partial charge in [-0.05, 0) is 19.3 Å². The molecule has 1 aliphatic rings. The Kier molecular flexibility index (Phi) is 6.70. The van der Waals surface area contributed by atoms with Crippen molar-refractivity contribution in [3.05, 3.63) is 0 Å². The maximum atomic E-state index is 12.1. The fraction of sp³-hybridized carbons (Fsp3) is 0.909. The highest BCUT2D eigenvalue weighted by molar-refractivity contribution is 7.87. The molecule has 1 unspecified atom stereocenters. The van der Waals surface area contributed by atoms with Gasteiger partial charge in [0.15, 0.2) is 0 Å². The van der Waals surface area contributed by atoms with Crippen LogP contribution in [0.3, 0.4) is 0 Å². The zero-order valence-corrected chi connectivity index (χ0v) is 12.0. The lowest BCUT2D eigenvalue weighted by Crippen LogP contribution is -2.49. The third kappa shape index (κ3) is 5.43. The van der Waals surface area contributed by atoms with Gasteiger partial charge in [0.05, 0.1) is 6.61 Å². The largest absolute Gasteiger partial charge is 0.481 e. The van der Waals surface area contributed by atoms with Crippen LogP contribution >= 0.6 is 0 Å². The van der Waals surface area contributed by atoms with Crippen LogP contribution in [-0.2, 0) is 19.7 Å². The van der Waals surface area contributed by atoms with Crippen molar-refractivity contribution >= 4 is 16.2 Å². The van der Waals surface area contributed by atoms with E-state index in [1.165, 1.54) is 11.4 Å². The Morgan fingerprint density at radius 2 is 2.21 bits per heavy atom. The zero-order valence-electron chi connectivity index (χ0n) is 11.2. The zero-order chi connectivity index (χ0) is 14.3. The molecule has 112 valence electrons. The van der Waals surface area contributed by atoms with E-state index in [0.717, 1.165) is 19.3 Å². The lowest BCUT2D eigenvalue weighted by molar-refractivity contribution is -0.137. The molecule has 0 saturated carbocycles. The van der Waals surface area contributed by atoms with Crippen molar-refractivity contribution in [3.8, 4) is 0 Å². The summed E-state index contributed by atoms with van der Waals surface area (Å²) >= 11 is 0. The Labute approximate surface area is 114 Å². The van der Waals surface area contributed by atoms with Crippen LogP contribution in [0.15, 0.2) is 0 Å². The van der Waals surface area contributed by atoms with Crippen molar-refractivity contribution < 1.29 is 23.1 Å². The van der Waals surface area contributed by atoms with Gasteiger partial charge in [-0.15, -0.1) is 0 Å². The van der Waals surface area contributed by atoms with Gasteiger partial charge in [-0.1, -0.05) is 6.42 Å². The van der Waals surface area contributed by atoms with E-state index in [0.29, 0.717) is 19.6 Å². The molecule has 0 spiro atoms. The van der Waals surface area contributed by atoms with Gasteiger partial charge in [0, 0.05) is 32.7 Å². The molecular weight excluding hydrogens is 272 g/mol. The van der Waals surface area contributed by atoms with Crippen molar-refractivity contribution in [3.63, 3.8) is 0 Å². The summed E-state index contributed by atoms with van der Waals surface area (Å²) in [6.07, 6.45) is 2.83. The van der Waals surface area contributed by atoms with E-state index < -0.39 is 16.2 Å². The highest BCUT2D eigenvalue weighted by atomic mass is 32.2. The van der Waals surface area contributed by atoms with Gasteiger partial charge in [-0.2, -0.15) is 17.4 Å². The number of nitrogens with one attached hydrogen (secondary N) is 1. The van der Waals surface area contributed by atoms with Crippen molar-refractivity contribution in [2.45, 2.75) is 38.1 Å². The number of ether oxygens (including phenoxy) is 1. The summed E-state index contributed by atoms with van der Waals surface area (Å²) in [6, 6.07) is -0.218. The van der Waals surface area contributed by atoms with Gasteiger partial charge in [0.25, 0.3) is 10.2 Å². The van der Waals surface area contributed by atoms with E-state index in [1.54, 1.807) is 0 Å². The number of carboxylic acid groups (broad SMARTS) is 1. The number of hydrogen-bond donors (Lipinski definition) is 2. The number of carbonyl (C=O) groups is 1. The molecule has 1 fully saturated rings. The van der Waals surface area contributed by atoms with Crippen LogP contribution in [0.25, 0.3) is 0 Å². The molecule has 1 atom stereocenters. The number of aliphatic carboxylic acids is 1. The first-order chi connectivity index (χ1) is 8.97. The second-order valence-corrected chi connectivity index (χ2v) is 6.29. The summed E-state index contributed by atoms with van der Waals surface area (Å²) in [6.45, 7) is 0.987. The van der Waals surface area contributed by atoms with Gasteiger partial charge in [0.2, 0.25) is 0 Å². The number of carboxylic acids is 1. The van der Waals surface area contributed by atoms with E-state index in [1.807, 2.05) is 0 Å². The van der Waals surface area contributed by atoms with Crippen LogP contribution in [0.1, 0.15) is 32.1 Å². The monoisotopic (exact) mass is 294 g/mol. The molecule has 1 heterocycles. The highest BCUT2D eigenvalue weighted by Crippen LogP contribution is 2.23. The molecule has 19 heavy (non-hydrogen) atoms. The second kappa shape index (κ2) is 7.78. The number of nitrogens with zero attached hydrogens (tertiary/aromatic N) is 1. The van der Waals surface area contributed by atoms with Gasteiger partial charge in [-0.25, -0.2) is 0 Å². The van der Waals surface area contributed by atoms with Crippen LogP contribution in [0.2, 0.25) is 0 Å². The van der Waals surface area contributed by atoms with Crippen LogP contribution in [-0.4, -0.2) is 56.6 Å². The minimum Gasteiger partial charge on any atom is -0.481 e. The lowest BCUT2D eigenvalue weighted by Gasteiger charge is -2.34. The van der Waals surface area contributed by atoms with Crippen LogP contribution in [0.5, 0.6) is 0 Å². The quantitative estimate of drug-likeness (QED) is 0.623. The molecule has 0 aromatic heterocycles. The van der Waals surface area contributed by atoms with Crippen LogP contribution in [0, 0.1) is 0 Å². The predicted molar refractivity (Wildman–Crippen MR) is 70.0 cm³/mol. The molecule has 7 nitrogen and oxygen atoms in total. The average molecular weight is 294 g/mol. The fourth-order valence-corrected chi connectivity index (χ4v) is 3.70. The molecule has 0 radical (unpaired) electrons. The first-order valence-electron chi connectivity index (χ1n) is 6.44. The topological polar surface area (TPSA) is 95.9 Å². The molecule has 0 bridgehead atoms. The van der Waals surface area contributed by atoms with Crippen molar-refractivity contribution in [2.24, 2.45) is 0 Å². The summed E-state index contributed by atoms with van der Waals surface area (Å²) in [5.41, 5.74) is 0. The summed E-state index contributed by atoms with van der Waals surface area (Å²) < 4.78 is 32.9. The second-order valence-electron chi connectivity index (χ2n) is 4.58. The minimum absolute atomic E-state index is 0.00520. The number of piperidine rings is 1. The van der Waals surface area contributed by atoms with Crippen molar-refractivity contribution in [1.82, 2.24) is 9.03 Å². The first kappa shape index (κ1) is 16.4. The lowest BCUT2D eigenvalue weighted by atomic mass is 10.0. The molecule has 1 aliphatic heterocycles. The van der Waals surface area contributed by atoms with Crippen molar-refractivity contribution in [1.29, 1.82) is 0 Å². The van der Waals surface area contributed by atoms with E-state index in [9.17, 15) is 13.2 Å². The maximum absolute atomic E-state index is 12.1. The number of hydrogen-bond acceptors (Lipinski definition) is 4. The third-order valence-electron chi connectivity index (χ3n) is 3.16. The molecule has 2 N–H and O–H groups in total. The fourth-order valence-electron chi connectivity index (χ4n) is 2.22. The summed E-state index contributed by atoms with van der Waals surface area (Å²) in [7, 11) is -2.04. The van der Waals surface area contributed by atoms with Gasteiger partial charge in [0.1, 0.15) is 0 Å². The van der Waals surface area contributed by atoms with Crippen LogP contribution < -0.4 is 4.72 Å². The third-order valence-corrected chi connectivity index (χ3v) is 4.83. The van der Waals surface area contributed by atoms with E-state index >= 15 is 0 Å². The normalized spacial score (nSPS) is 21.4. The molecule has 0 aliphatic carbocycles. The molecule has 1 rings (SSSR count). The Bertz CT molecular complexity index is 385. The molecule has 0 aromatic carbocycles. The Morgan fingerprint density at radius 1 is 1.47 bits per heavy atom. The van der Waals surface area contributed by atoms with E-state index in [-0.39, 0.29) is 19.0 Å². The van der Waals surface area contributed by atoms with Gasteiger partial charge < -0.3 is 9.84 Å². The summed E-state index contributed by atoms with van der Waals surface area (Å²) in [4.78, 5) is 10.6. The molecule has 0 amide bonds. The minimum atomic E-state index is -3.54. The summed E-state index contributed by atoms with van der Waals surface area (Å²) in [5.74, 6) is -0.893. The number of methoxy groups -OCH3 is 1.